The fourth-order valence-corrected chi connectivity index (χ4v) is 2.27. The van der Waals surface area contributed by atoms with Gasteiger partial charge in [0.1, 0.15) is 5.75 Å². The molecule has 1 aliphatic carbocycles. The molecule has 1 fully saturated rings. The van der Waals surface area contributed by atoms with Crippen LogP contribution >= 0.6 is 0 Å². The van der Waals surface area contributed by atoms with Crippen LogP contribution in [0.2, 0.25) is 0 Å². The van der Waals surface area contributed by atoms with Gasteiger partial charge in [0, 0.05) is 17.2 Å². The molecule has 0 bridgehead atoms. The fraction of sp³-hybridized carbons (Fsp3) is 0.312. The van der Waals surface area contributed by atoms with E-state index in [1.54, 1.807) is 0 Å². The highest BCUT2D eigenvalue weighted by Crippen LogP contribution is 2.48. The summed E-state index contributed by atoms with van der Waals surface area (Å²) >= 11 is 0. The number of benzene rings is 2. The van der Waals surface area contributed by atoms with Crippen LogP contribution in [0.25, 0.3) is 10.8 Å². The first kappa shape index (κ1) is 11.1. The predicted molar refractivity (Wildman–Crippen MR) is 71.3 cm³/mol. The lowest BCUT2D eigenvalue weighted by Gasteiger charge is -2.14. The van der Waals surface area contributed by atoms with E-state index in [9.17, 15) is 0 Å². The Morgan fingerprint density at radius 3 is 2.67 bits per heavy atom. The summed E-state index contributed by atoms with van der Waals surface area (Å²) < 4.78 is 5.95. The minimum atomic E-state index is 0.131. The largest absolute Gasteiger partial charge is 0.492 e. The zero-order valence-electron chi connectivity index (χ0n) is 10.2. The lowest BCUT2D eigenvalue weighted by atomic mass is 10.1. The standard InChI is InChI=1S/C16H15NO/c17-11-10-16(8-9-16)12-18-15-7-3-5-13-4-1-2-6-14(13)15/h1-7H,8-10,12H2. The van der Waals surface area contributed by atoms with Crippen molar-refractivity contribution in [3.05, 3.63) is 42.5 Å². The third-order valence-electron chi connectivity index (χ3n) is 3.69. The molecule has 2 aromatic carbocycles. The Labute approximate surface area is 107 Å². The van der Waals surface area contributed by atoms with Crippen LogP contribution in [0.15, 0.2) is 42.5 Å². The van der Waals surface area contributed by atoms with E-state index in [1.165, 1.54) is 5.39 Å². The van der Waals surface area contributed by atoms with Gasteiger partial charge in [-0.25, -0.2) is 0 Å². The van der Waals surface area contributed by atoms with E-state index >= 15 is 0 Å². The molecule has 0 amide bonds. The molecular weight excluding hydrogens is 222 g/mol. The van der Waals surface area contributed by atoms with Crippen LogP contribution < -0.4 is 4.74 Å². The van der Waals surface area contributed by atoms with Crippen LogP contribution in [0.1, 0.15) is 19.3 Å². The van der Waals surface area contributed by atoms with Gasteiger partial charge in [0.15, 0.2) is 0 Å². The van der Waals surface area contributed by atoms with Crippen molar-refractivity contribution in [2.75, 3.05) is 6.61 Å². The monoisotopic (exact) mass is 237 g/mol. The molecule has 0 unspecified atom stereocenters. The summed E-state index contributed by atoms with van der Waals surface area (Å²) in [7, 11) is 0. The first-order chi connectivity index (χ1) is 8.83. The molecule has 0 spiro atoms. The Bertz CT molecular complexity index is 603. The van der Waals surface area contributed by atoms with Crippen LogP contribution in [-0.2, 0) is 0 Å². The van der Waals surface area contributed by atoms with E-state index in [1.807, 2.05) is 24.3 Å². The molecule has 0 atom stereocenters. The van der Waals surface area contributed by atoms with Crippen molar-refractivity contribution in [3.63, 3.8) is 0 Å². The summed E-state index contributed by atoms with van der Waals surface area (Å²) in [6.45, 7) is 0.661. The third-order valence-corrected chi connectivity index (χ3v) is 3.69. The van der Waals surface area contributed by atoms with E-state index in [4.69, 9.17) is 10.00 Å². The lowest BCUT2D eigenvalue weighted by molar-refractivity contribution is 0.239. The first-order valence-corrected chi connectivity index (χ1v) is 6.31. The van der Waals surface area contributed by atoms with Crippen molar-refractivity contribution >= 4 is 10.8 Å². The van der Waals surface area contributed by atoms with Gasteiger partial charge >= 0.3 is 0 Å². The number of rotatable bonds is 4. The second kappa shape index (κ2) is 4.34. The van der Waals surface area contributed by atoms with Crippen molar-refractivity contribution in [1.82, 2.24) is 0 Å². The Kier molecular flexibility index (Phi) is 2.68. The van der Waals surface area contributed by atoms with Crippen LogP contribution in [0.4, 0.5) is 0 Å². The van der Waals surface area contributed by atoms with Gasteiger partial charge < -0.3 is 4.74 Å². The highest BCUT2D eigenvalue weighted by Gasteiger charge is 2.43. The summed E-state index contributed by atoms with van der Waals surface area (Å²) in [6.07, 6.45) is 2.84. The quantitative estimate of drug-likeness (QED) is 0.807. The van der Waals surface area contributed by atoms with Crippen LogP contribution in [0, 0.1) is 16.7 Å². The van der Waals surface area contributed by atoms with Crippen LogP contribution in [0.3, 0.4) is 0 Å². The van der Waals surface area contributed by atoms with Gasteiger partial charge in [0.2, 0.25) is 0 Å². The van der Waals surface area contributed by atoms with E-state index in [2.05, 4.69) is 24.3 Å². The number of nitrogens with zero attached hydrogens (tertiary/aromatic N) is 1. The van der Waals surface area contributed by atoms with E-state index in [-0.39, 0.29) is 5.41 Å². The van der Waals surface area contributed by atoms with Crippen molar-refractivity contribution in [2.24, 2.45) is 5.41 Å². The average Bonchev–Trinajstić information content (AvgIpc) is 3.17. The molecule has 1 saturated carbocycles. The highest BCUT2D eigenvalue weighted by atomic mass is 16.5. The molecule has 0 radical (unpaired) electrons. The molecule has 2 aromatic rings. The van der Waals surface area contributed by atoms with Gasteiger partial charge in [-0.2, -0.15) is 5.26 Å². The minimum absolute atomic E-state index is 0.131. The molecule has 0 saturated heterocycles. The maximum Gasteiger partial charge on any atom is 0.127 e. The number of fused-ring (bicyclic) bond motifs is 1. The van der Waals surface area contributed by atoms with Gasteiger partial charge in [-0.3, -0.25) is 0 Å². The Morgan fingerprint density at radius 1 is 1.11 bits per heavy atom. The van der Waals surface area contributed by atoms with Gasteiger partial charge in [0.05, 0.1) is 12.7 Å². The number of ether oxygens (including phenoxy) is 1. The van der Waals surface area contributed by atoms with Gasteiger partial charge in [-0.15, -0.1) is 0 Å². The molecule has 90 valence electrons. The minimum Gasteiger partial charge on any atom is -0.492 e. The molecule has 0 N–H and O–H groups in total. The van der Waals surface area contributed by atoms with E-state index < -0.39 is 0 Å². The van der Waals surface area contributed by atoms with Crippen LogP contribution in [0.5, 0.6) is 5.75 Å². The van der Waals surface area contributed by atoms with Crippen LogP contribution in [-0.4, -0.2) is 6.61 Å². The van der Waals surface area contributed by atoms with Crippen molar-refractivity contribution in [1.29, 1.82) is 5.26 Å². The predicted octanol–water partition coefficient (Wildman–Crippen LogP) is 3.91. The first-order valence-electron chi connectivity index (χ1n) is 6.31. The fourth-order valence-electron chi connectivity index (χ4n) is 2.27. The molecule has 2 nitrogen and oxygen atoms in total. The molecule has 0 heterocycles. The van der Waals surface area contributed by atoms with Gasteiger partial charge in [0.25, 0.3) is 0 Å². The second-order valence-corrected chi connectivity index (χ2v) is 5.10. The van der Waals surface area contributed by atoms with Crippen molar-refractivity contribution < 1.29 is 4.74 Å². The molecular formula is C16H15NO. The summed E-state index contributed by atoms with van der Waals surface area (Å²) in [6, 6.07) is 16.6. The molecule has 2 heteroatoms. The van der Waals surface area contributed by atoms with Crippen molar-refractivity contribution in [2.45, 2.75) is 19.3 Å². The number of hydrogen-bond donors (Lipinski definition) is 0. The highest BCUT2D eigenvalue weighted by molar-refractivity contribution is 5.88. The second-order valence-electron chi connectivity index (χ2n) is 5.10. The summed E-state index contributed by atoms with van der Waals surface area (Å²) in [5.41, 5.74) is 0.131. The van der Waals surface area contributed by atoms with E-state index in [0.29, 0.717) is 13.0 Å². The molecule has 0 aromatic heterocycles. The topological polar surface area (TPSA) is 33.0 Å². The van der Waals surface area contributed by atoms with Gasteiger partial charge in [-0.05, 0) is 24.3 Å². The Balaban J connectivity index is 1.81. The summed E-state index contributed by atoms with van der Waals surface area (Å²) in [4.78, 5) is 0. The normalized spacial score (nSPS) is 16.2. The summed E-state index contributed by atoms with van der Waals surface area (Å²) in [5, 5.41) is 11.1. The maximum atomic E-state index is 8.81. The Hall–Kier alpha value is -2.01. The SMILES string of the molecule is N#CCC1(COc2cccc3ccccc23)CC1. The smallest absolute Gasteiger partial charge is 0.127 e. The summed E-state index contributed by atoms with van der Waals surface area (Å²) in [5.74, 6) is 0.928. The maximum absolute atomic E-state index is 8.81. The molecule has 1 aliphatic rings. The van der Waals surface area contributed by atoms with Crippen molar-refractivity contribution in [3.8, 4) is 11.8 Å². The zero-order valence-corrected chi connectivity index (χ0v) is 10.2. The molecule has 18 heavy (non-hydrogen) atoms. The van der Waals surface area contributed by atoms with E-state index in [0.717, 1.165) is 24.0 Å². The average molecular weight is 237 g/mol. The lowest BCUT2D eigenvalue weighted by Crippen LogP contribution is -2.12. The molecule has 3 rings (SSSR count). The Morgan fingerprint density at radius 2 is 1.89 bits per heavy atom. The van der Waals surface area contributed by atoms with Gasteiger partial charge in [-0.1, -0.05) is 36.4 Å². The number of hydrogen-bond acceptors (Lipinski definition) is 2. The zero-order chi connectivity index (χ0) is 12.4. The molecule has 0 aliphatic heterocycles. The third kappa shape index (κ3) is 2.04. The number of nitriles is 1.